The van der Waals surface area contributed by atoms with Crippen molar-refractivity contribution < 1.29 is 14.3 Å². The fourth-order valence-corrected chi connectivity index (χ4v) is 4.32. The van der Waals surface area contributed by atoms with Crippen LogP contribution in [-0.4, -0.2) is 48.5 Å². The largest absolute Gasteiger partial charge is 0.382 e. The van der Waals surface area contributed by atoms with E-state index in [1.807, 2.05) is 55.6 Å². The van der Waals surface area contributed by atoms with Crippen LogP contribution in [0, 0.1) is 0 Å². The summed E-state index contributed by atoms with van der Waals surface area (Å²) in [7, 11) is 1.78. The Hall–Kier alpha value is -3.12. The zero-order valence-corrected chi connectivity index (χ0v) is 17.4. The number of rotatable bonds is 7. The predicted molar refractivity (Wildman–Crippen MR) is 116 cm³/mol. The second-order valence-corrected chi connectivity index (χ2v) is 7.56. The Morgan fingerprint density at radius 2 is 1.90 bits per heavy atom. The van der Waals surface area contributed by atoms with Gasteiger partial charge < -0.3 is 19.9 Å². The van der Waals surface area contributed by atoms with Crippen LogP contribution in [0.5, 0.6) is 0 Å². The van der Waals surface area contributed by atoms with Crippen molar-refractivity contribution in [2.75, 3.05) is 26.8 Å². The molecule has 0 saturated heterocycles. The van der Waals surface area contributed by atoms with E-state index in [1.54, 1.807) is 18.0 Å². The average Bonchev–Trinajstić information content (AvgIpc) is 3.19. The number of aromatic amines is 1. The number of amides is 2. The zero-order chi connectivity index (χ0) is 21.1. The normalized spacial score (nSPS) is 18.5. The number of nitrogens with zero attached hydrogens (tertiary/aromatic N) is 1. The summed E-state index contributed by atoms with van der Waals surface area (Å²) in [5, 5.41) is 4.08. The molecule has 3 aromatic rings. The van der Waals surface area contributed by atoms with Crippen molar-refractivity contribution >= 4 is 22.7 Å². The predicted octanol–water partition coefficient (Wildman–Crippen LogP) is 3.62. The van der Waals surface area contributed by atoms with Gasteiger partial charge in [-0.15, -0.1) is 0 Å². The Kier molecular flexibility index (Phi) is 5.86. The topological polar surface area (TPSA) is 74.4 Å². The van der Waals surface area contributed by atoms with Crippen molar-refractivity contribution in [3.05, 3.63) is 71.4 Å². The summed E-state index contributed by atoms with van der Waals surface area (Å²) < 4.78 is 5.37. The first kappa shape index (κ1) is 20.2. The molecule has 0 bridgehead atoms. The fraction of sp³-hybridized carbons (Fsp3) is 0.333. The summed E-state index contributed by atoms with van der Waals surface area (Å²) in [5.74, 6) is -0.634. The van der Waals surface area contributed by atoms with Gasteiger partial charge in [0.2, 0.25) is 5.91 Å². The first-order valence-electron chi connectivity index (χ1n) is 10.4. The Labute approximate surface area is 176 Å². The lowest BCUT2D eigenvalue weighted by atomic mass is 9.79. The molecule has 1 aromatic heterocycles. The second-order valence-electron chi connectivity index (χ2n) is 7.56. The number of nitrogens with one attached hydrogen (secondary N) is 2. The summed E-state index contributed by atoms with van der Waals surface area (Å²) in [5.41, 5.74) is 3.30. The van der Waals surface area contributed by atoms with E-state index in [1.165, 1.54) is 0 Å². The van der Waals surface area contributed by atoms with Crippen LogP contribution in [0.1, 0.15) is 46.8 Å². The number of carbonyl (C=O) groups is 2. The first-order chi connectivity index (χ1) is 14.6. The van der Waals surface area contributed by atoms with E-state index in [4.69, 9.17) is 4.74 Å². The molecule has 2 heterocycles. The van der Waals surface area contributed by atoms with Gasteiger partial charge in [0.1, 0.15) is 0 Å². The molecule has 156 valence electrons. The number of hydrogen-bond acceptors (Lipinski definition) is 3. The molecule has 2 N–H and O–H groups in total. The van der Waals surface area contributed by atoms with Gasteiger partial charge in [-0.1, -0.05) is 36.4 Å². The number of fused-ring (bicyclic) bond motifs is 2. The molecular weight excluding hydrogens is 378 g/mol. The van der Waals surface area contributed by atoms with Gasteiger partial charge in [-0.25, -0.2) is 0 Å². The molecule has 1 aliphatic heterocycles. The second kappa shape index (κ2) is 8.71. The Morgan fingerprint density at radius 1 is 1.13 bits per heavy atom. The molecule has 6 heteroatoms. The van der Waals surface area contributed by atoms with E-state index in [0.29, 0.717) is 25.3 Å². The minimum absolute atomic E-state index is 0.0683. The number of H-pyrrole nitrogens is 1. The minimum Gasteiger partial charge on any atom is -0.382 e. The summed E-state index contributed by atoms with van der Waals surface area (Å²) >= 11 is 0. The monoisotopic (exact) mass is 405 g/mol. The Morgan fingerprint density at radius 3 is 2.73 bits per heavy atom. The van der Waals surface area contributed by atoms with E-state index < -0.39 is 12.0 Å². The third-order valence-corrected chi connectivity index (χ3v) is 5.77. The smallest absolute Gasteiger partial charge is 0.254 e. The van der Waals surface area contributed by atoms with Gasteiger partial charge in [-0.2, -0.15) is 0 Å². The lowest BCUT2D eigenvalue weighted by molar-refractivity contribution is -0.124. The number of carbonyl (C=O) groups excluding carboxylic acids is 2. The maximum absolute atomic E-state index is 13.4. The molecule has 6 nitrogen and oxygen atoms in total. The van der Waals surface area contributed by atoms with E-state index in [9.17, 15) is 9.59 Å². The zero-order valence-electron chi connectivity index (χ0n) is 17.4. The third kappa shape index (κ3) is 3.59. The fourth-order valence-electron chi connectivity index (χ4n) is 4.32. The van der Waals surface area contributed by atoms with Gasteiger partial charge >= 0.3 is 0 Å². The maximum atomic E-state index is 13.4. The highest BCUT2D eigenvalue weighted by molar-refractivity contribution is 6.02. The summed E-state index contributed by atoms with van der Waals surface area (Å²) in [6.45, 7) is 3.77. The molecule has 2 aromatic carbocycles. The molecular formula is C24H27N3O3. The summed E-state index contributed by atoms with van der Waals surface area (Å²) in [6, 6.07) is 15.0. The molecule has 2 amide bonds. The van der Waals surface area contributed by atoms with Crippen LogP contribution in [0.4, 0.5) is 0 Å². The molecule has 0 aliphatic carbocycles. The lowest BCUT2D eigenvalue weighted by Crippen LogP contribution is -2.45. The number of likely N-dealkylation sites (N-methyl/N-ethyl adjacent to an activating group) is 1. The van der Waals surface area contributed by atoms with E-state index in [0.717, 1.165) is 28.5 Å². The SMILES string of the molecule is CCOCCCNC(=O)C1c2ccccc2C(=O)N(C)C1c1c[nH]c2ccccc12. The van der Waals surface area contributed by atoms with Crippen LogP contribution in [0.25, 0.3) is 10.9 Å². The van der Waals surface area contributed by atoms with Crippen molar-refractivity contribution in [2.45, 2.75) is 25.3 Å². The van der Waals surface area contributed by atoms with Gasteiger partial charge in [-0.3, -0.25) is 9.59 Å². The molecule has 30 heavy (non-hydrogen) atoms. The number of aromatic nitrogens is 1. The van der Waals surface area contributed by atoms with Gasteiger partial charge in [0.15, 0.2) is 0 Å². The number of benzene rings is 2. The van der Waals surface area contributed by atoms with Crippen LogP contribution < -0.4 is 5.32 Å². The van der Waals surface area contributed by atoms with Crippen molar-refractivity contribution in [1.29, 1.82) is 0 Å². The standard InChI is InChI=1S/C24H27N3O3/c1-3-30-14-8-13-25-23(28)21-17-10-4-5-11-18(17)24(29)27(2)22(21)19-15-26-20-12-7-6-9-16(19)20/h4-7,9-12,15,21-22,26H,3,8,13-14H2,1-2H3,(H,25,28). The molecule has 0 fully saturated rings. The van der Waals surface area contributed by atoms with Gasteiger partial charge in [0.25, 0.3) is 5.91 Å². The first-order valence-corrected chi connectivity index (χ1v) is 10.4. The minimum atomic E-state index is -0.491. The molecule has 1 aliphatic rings. The van der Waals surface area contributed by atoms with Crippen LogP contribution in [-0.2, 0) is 9.53 Å². The highest BCUT2D eigenvalue weighted by atomic mass is 16.5. The maximum Gasteiger partial charge on any atom is 0.254 e. The van der Waals surface area contributed by atoms with Crippen LogP contribution in [0.2, 0.25) is 0 Å². The summed E-state index contributed by atoms with van der Waals surface area (Å²) in [6.07, 6.45) is 2.67. The number of hydrogen-bond donors (Lipinski definition) is 2. The molecule has 2 unspecified atom stereocenters. The van der Waals surface area contributed by atoms with Crippen LogP contribution in [0.15, 0.2) is 54.7 Å². The van der Waals surface area contributed by atoms with Crippen molar-refractivity contribution in [3.8, 4) is 0 Å². The third-order valence-electron chi connectivity index (χ3n) is 5.77. The molecule has 4 rings (SSSR count). The molecule has 2 atom stereocenters. The van der Waals surface area contributed by atoms with E-state index in [2.05, 4.69) is 10.3 Å². The van der Waals surface area contributed by atoms with Crippen molar-refractivity contribution in [1.82, 2.24) is 15.2 Å². The Bertz CT molecular complexity index is 1060. The van der Waals surface area contributed by atoms with Gasteiger partial charge in [0.05, 0.1) is 12.0 Å². The van der Waals surface area contributed by atoms with E-state index >= 15 is 0 Å². The van der Waals surface area contributed by atoms with Crippen molar-refractivity contribution in [3.63, 3.8) is 0 Å². The number of ether oxygens (including phenoxy) is 1. The highest BCUT2D eigenvalue weighted by Gasteiger charge is 2.43. The van der Waals surface area contributed by atoms with Crippen molar-refractivity contribution in [2.24, 2.45) is 0 Å². The summed E-state index contributed by atoms with van der Waals surface area (Å²) in [4.78, 5) is 31.5. The highest BCUT2D eigenvalue weighted by Crippen LogP contribution is 2.44. The quantitative estimate of drug-likeness (QED) is 0.590. The van der Waals surface area contributed by atoms with Gasteiger partial charge in [0, 0.05) is 55.0 Å². The average molecular weight is 405 g/mol. The van der Waals surface area contributed by atoms with E-state index in [-0.39, 0.29) is 11.8 Å². The number of para-hydroxylation sites is 1. The Balaban J connectivity index is 1.73. The van der Waals surface area contributed by atoms with Gasteiger partial charge in [-0.05, 0) is 31.0 Å². The molecule has 0 saturated carbocycles. The lowest BCUT2D eigenvalue weighted by Gasteiger charge is -2.39. The van der Waals surface area contributed by atoms with Crippen LogP contribution in [0.3, 0.4) is 0 Å². The van der Waals surface area contributed by atoms with Crippen LogP contribution >= 0.6 is 0 Å². The molecule has 0 spiro atoms. The molecule has 0 radical (unpaired) electrons.